The molecule has 0 aromatic heterocycles. The van der Waals surface area contributed by atoms with Crippen LogP contribution in [0.5, 0.6) is 0 Å². The SMILES string of the molecule is CC(C)C(=O)Nc1ccc(NC2CSCCC2(C)C)cc1. The highest BCUT2D eigenvalue weighted by Gasteiger charge is 2.32. The van der Waals surface area contributed by atoms with Crippen LogP contribution in [0.3, 0.4) is 0 Å². The Morgan fingerprint density at radius 1 is 1.24 bits per heavy atom. The molecule has 1 atom stereocenters. The molecule has 1 unspecified atom stereocenters. The Bertz CT molecular complexity index is 482. The highest BCUT2D eigenvalue weighted by Crippen LogP contribution is 2.36. The molecule has 21 heavy (non-hydrogen) atoms. The zero-order chi connectivity index (χ0) is 15.5. The normalized spacial score (nSPS) is 21.1. The standard InChI is InChI=1S/C17H26N2OS/c1-12(2)16(20)19-14-7-5-13(6-8-14)18-15-11-21-10-9-17(15,3)4/h5-8,12,15,18H,9-11H2,1-4H3,(H,19,20). The summed E-state index contributed by atoms with van der Waals surface area (Å²) in [6.07, 6.45) is 1.25. The van der Waals surface area contributed by atoms with E-state index in [1.165, 1.54) is 12.2 Å². The van der Waals surface area contributed by atoms with E-state index in [9.17, 15) is 4.79 Å². The lowest BCUT2D eigenvalue weighted by Crippen LogP contribution is -2.41. The van der Waals surface area contributed by atoms with E-state index in [1.807, 2.05) is 49.9 Å². The number of amides is 1. The molecule has 1 aliphatic rings. The lowest BCUT2D eigenvalue weighted by atomic mass is 9.82. The molecule has 116 valence electrons. The molecule has 0 saturated carbocycles. The highest BCUT2D eigenvalue weighted by atomic mass is 32.2. The third-order valence-corrected chi connectivity index (χ3v) is 5.20. The molecule has 0 aliphatic carbocycles. The first kappa shape index (κ1) is 16.2. The third kappa shape index (κ3) is 4.40. The molecule has 1 aromatic rings. The Hall–Kier alpha value is -1.16. The molecule has 1 heterocycles. The minimum atomic E-state index is 0.00265. The fourth-order valence-corrected chi connectivity index (χ4v) is 3.92. The van der Waals surface area contributed by atoms with Gasteiger partial charge in [-0.05, 0) is 41.9 Å². The van der Waals surface area contributed by atoms with Gasteiger partial charge in [0.25, 0.3) is 0 Å². The summed E-state index contributed by atoms with van der Waals surface area (Å²) >= 11 is 2.02. The molecule has 2 N–H and O–H groups in total. The molecule has 0 radical (unpaired) electrons. The van der Waals surface area contributed by atoms with Crippen molar-refractivity contribution in [2.45, 2.75) is 40.2 Å². The average molecular weight is 306 g/mol. The van der Waals surface area contributed by atoms with Gasteiger partial charge in [-0.15, -0.1) is 0 Å². The van der Waals surface area contributed by atoms with E-state index in [0.29, 0.717) is 11.5 Å². The summed E-state index contributed by atoms with van der Waals surface area (Å²) in [7, 11) is 0. The summed E-state index contributed by atoms with van der Waals surface area (Å²) in [6.45, 7) is 8.46. The smallest absolute Gasteiger partial charge is 0.226 e. The second kappa shape index (κ2) is 6.73. The summed E-state index contributed by atoms with van der Waals surface area (Å²) in [5.41, 5.74) is 2.31. The van der Waals surface area contributed by atoms with Gasteiger partial charge in [0.1, 0.15) is 0 Å². The maximum atomic E-state index is 11.7. The zero-order valence-electron chi connectivity index (χ0n) is 13.4. The number of anilines is 2. The van der Waals surface area contributed by atoms with Crippen molar-refractivity contribution in [2.24, 2.45) is 11.3 Å². The lowest BCUT2D eigenvalue weighted by molar-refractivity contribution is -0.118. The molecule has 1 fully saturated rings. The van der Waals surface area contributed by atoms with Crippen LogP contribution < -0.4 is 10.6 Å². The van der Waals surface area contributed by atoms with E-state index in [0.717, 1.165) is 17.1 Å². The first-order valence-electron chi connectivity index (χ1n) is 7.64. The lowest BCUT2D eigenvalue weighted by Gasteiger charge is -2.39. The van der Waals surface area contributed by atoms with Crippen LogP contribution in [0.15, 0.2) is 24.3 Å². The van der Waals surface area contributed by atoms with Crippen LogP contribution in [0.25, 0.3) is 0 Å². The molecule has 2 rings (SSSR count). The summed E-state index contributed by atoms with van der Waals surface area (Å²) in [5, 5.41) is 6.56. The quantitative estimate of drug-likeness (QED) is 0.875. The third-order valence-electron chi connectivity index (χ3n) is 4.14. The van der Waals surface area contributed by atoms with Gasteiger partial charge in [-0.3, -0.25) is 4.79 Å². The van der Waals surface area contributed by atoms with Crippen molar-refractivity contribution in [2.75, 3.05) is 22.1 Å². The van der Waals surface area contributed by atoms with Gasteiger partial charge in [-0.25, -0.2) is 0 Å². The molecular formula is C17H26N2OS. The van der Waals surface area contributed by atoms with Crippen molar-refractivity contribution in [1.82, 2.24) is 0 Å². The highest BCUT2D eigenvalue weighted by molar-refractivity contribution is 7.99. The van der Waals surface area contributed by atoms with Gasteiger partial charge < -0.3 is 10.6 Å². The molecular weight excluding hydrogens is 280 g/mol. The Labute approximate surface area is 132 Å². The van der Waals surface area contributed by atoms with Crippen molar-refractivity contribution in [1.29, 1.82) is 0 Å². The monoisotopic (exact) mass is 306 g/mol. The zero-order valence-corrected chi connectivity index (χ0v) is 14.2. The Balaban J connectivity index is 1.97. The Morgan fingerprint density at radius 3 is 2.43 bits per heavy atom. The predicted octanol–water partition coefficient (Wildman–Crippen LogP) is 4.22. The van der Waals surface area contributed by atoms with Crippen LogP contribution in [-0.4, -0.2) is 23.5 Å². The van der Waals surface area contributed by atoms with Crippen LogP contribution >= 0.6 is 11.8 Å². The van der Waals surface area contributed by atoms with E-state index in [2.05, 4.69) is 24.5 Å². The number of carbonyl (C=O) groups excluding carboxylic acids is 1. The van der Waals surface area contributed by atoms with Crippen molar-refractivity contribution < 1.29 is 4.79 Å². The summed E-state index contributed by atoms with van der Waals surface area (Å²) in [4.78, 5) is 11.7. The second-order valence-electron chi connectivity index (χ2n) is 6.73. The maximum Gasteiger partial charge on any atom is 0.226 e. The Morgan fingerprint density at radius 2 is 1.86 bits per heavy atom. The van der Waals surface area contributed by atoms with Crippen molar-refractivity contribution in [3.8, 4) is 0 Å². The molecule has 1 aromatic carbocycles. The number of hydrogen-bond donors (Lipinski definition) is 2. The molecule has 3 nitrogen and oxygen atoms in total. The number of rotatable bonds is 4. The van der Waals surface area contributed by atoms with Crippen LogP contribution in [0, 0.1) is 11.3 Å². The summed E-state index contributed by atoms with van der Waals surface area (Å²) < 4.78 is 0. The van der Waals surface area contributed by atoms with Crippen LogP contribution in [0.1, 0.15) is 34.1 Å². The topological polar surface area (TPSA) is 41.1 Å². The first-order chi connectivity index (χ1) is 9.88. The van der Waals surface area contributed by atoms with Gasteiger partial charge in [0.05, 0.1) is 0 Å². The largest absolute Gasteiger partial charge is 0.381 e. The van der Waals surface area contributed by atoms with E-state index >= 15 is 0 Å². The molecule has 1 amide bonds. The fourth-order valence-electron chi connectivity index (χ4n) is 2.31. The number of carbonyl (C=O) groups is 1. The minimum absolute atomic E-state index is 0.00265. The van der Waals surface area contributed by atoms with Crippen LogP contribution in [-0.2, 0) is 4.79 Å². The predicted molar refractivity (Wildman–Crippen MR) is 93.0 cm³/mol. The average Bonchev–Trinajstić information content (AvgIpc) is 2.43. The molecule has 0 spiro atoms. The van der Waals surface area contributed by atoms with Gasteiger partial charge >= 0.3 is 0 Å². The summed E-state index contributed by atoms with van der Waals surface area (Å²) in [5.74, 6) is 2.47. The number of nitrogens with one attached hydrogen (secondary N) is 2. The van der Waals surface area contributed by atoms with Gasteiger partial charge in [-0.2, -0.15) is 11.8 Å². The van der Waals surface area contributed by atoms with E-state index in [1.54, 1.807) is 0 Å². The van der Waals surface area contributed by atoms with Gasteiger partial charge in [0.2, 0.25) is 5.91 Å². The van der Waals surface area contributed by atoms with Gasteiger partial charge in [0.15, 0.2) is 0 Å². The van der Waals surface area contributed by atoms with Crippen LogP contribution in [0.4, 0.5) is 11.4 Å². The molecule has 4 heteroatoms. The molecule has 1 saturated heterocycles. The fraction of sp³-hybridized carbons (Fsp3) is 0.588. The number of thioether (sulfide) groups is 1. The number of benzene rings is 1. The first-order valence-corrected chi connectivity index (χ1v) is 8.79. The van der Waals surface area contributed by atoms with Crippen LogP contribution in [0.2, 0.25) is 0 Å². The van der Waals surface area contributed by atoms with Gasteiger partial charge in [0, 0.05) is 29.1 Å². The van der Waals surface area contributed by atoms with Crippen molar-refractivity contribution in [3.63, 3.8) is 0 Å². The van der Waals surface area contributed by atoms with Crippen molar-refractivity contribution >= 4 is 29.0 Å². The van der Waals surface area contributed by atoms with E-state index in [4.69, 9.17) is 0 Å². The number of hydrogen-bond acceptors (Lipinski definition) is 3. The molecule has 1 aliphatic heterocycles. The van der Waals surface area contributed by atoms with E-state index in [-0.39, 0.29) is 11.8 Å². The second-order valence-corrected chi connectivity index (χ2v) is 7.88. The maximum absolute atomic E-state index is 11.7. The molecule has 0 bridgehead atoms. The minimum Gasteiger partial charge on any atom is -0.381 e. The van der Waals surface area contributed by atoms with Crippen molar-refractivity contribution in [3.05, 3.63) is 24.3 Å². The summed E-state index contributed by atoms with van der Waals surface area (Å²) in [6, 6.07) is 8.51. The van der Waals surface area contributed by atoms with Gasteiger partial charge in [-0.1, -0.05) is 27.7 Å². The van der Waals surface area contributed by atoms with E-state index < -0.39 is 0 Å². The Kier molecular flexibility index (Phi) is 5.20.